The quantitative estimate of drug-likeness (QED) is 0.767. The number of rotatable bonds is 6. The van der Waals surface area contributed by atoms with E-state index < -0.39 is 11.5 Å². The van der Waals surface area contributed by atoms with Crippen LogP contribution in [0.5, 0.6) is 0 Å². The van der Waals surface area contributed by atoms with Gasteiger partial charge in [-0.3, -0.25) is 14.8 Å². The summed E-state index contributed by atoms with van der Waals surface area (Å²) in [6, 6.07) is 2.22. The van der Waals surface area contributed by atoms with Gasteiger partial charge in [-0.15, -0.1) is 0 Å². The zero-order valence-electron chi connectivity index (χ0n) is 9.67. The summed E-state index contributed by atoms with van der Waals surface area (Å²) in [5, 5.41) is 17.1. The molecule has 1 aromatic rings. The molecule has 0 saturated heterocycles. The van der Waals surface area contributed by atoms with E-state index in [0.29, 0.717) is 12.6 Å². The molecule has 2 aliphatic rings. The Hall–Kier alpha value is -1.36. The van der Waals surface area contributed by atoms with Gasteiger partial charge in [-0.05, 0) is 37.7 Å². The highest BCUT2D eigenvalue weighted by molar-refractivity contribution is 5.80. The van der Waals surface area contributed by atoms with E-state index in [-0.39, 0.29) is 5.92 Å². The maximum atomic E-state index is 11.7. The average molecular weight is 235 g/mol. The van der Waals surface area contributed by atoms with Crippen LogP contribution in [0.3, 0.4) is 0 Å². The zero-order chi connectivity index (χ0) is 11.9. The molecule has 17 heavy (non-hydrogen) atoms. The van der Waals surface area contributed by atoms with E-state index in [0.717, 1.165) is 25.7 Å². The number of aromatic nitrogens is 2. The van der Waals surface area contributed by atoms with E-state index >= 15 is 0 Å². The van der Waals surface area contributed by atoms with Crippen LogP contribution in [-0.4, -0.2) is 32.4 Å². The Balaban J connectivity index is 1.84. The third-order valence-electron chi connectivity index (χ3n) is 3.67. The van der Waals surface area contributed by atoms with Crippen molar-refractivity contribution in [3.8, 4) is 0 Å². The van der Waals surface area contributed by atoms with E-state index in [1.807, 2.05) is 12.3 Å². The normalized spacial score (nSPS) is 23.3. The Kier molecular flexibility index (Phi) is 2.43. The summed E-state index contributed by atoms with van der Waals surface area (Å²) < 4.78 is 1.72. The highest BCUT2D eigenvalue weighted by Gasteiger charge is 2.53. The van der Waals surface area contributed by atoms with Gasteiger partial charge in [0.1, 0.15) is 5.54 Å². The Morgan fingerprint density at radius 1 is 1.47 bits per heavy atom. The minimum absolute atomic E-state index is 0.254. The molecule has 1 unspecified atom stereocenters. The van der Waals surface area contributed by atoms with Crippen LogP contribution in [0.1, 0.15) is 25.7 Å². The predicted octanol–water partition coefficient (Wildman–Crippen LogP) is 0.868. The lowest BCUT2D eigenvalue weighted by Crippen LogP contribution is -2.57. The number of carbonyl (C=O) groups is 1. The standard InChI is InChI=1S/C12H17N3O2/c16-11(17)12(9-2-3-9,14-10-4-5-10)8-15-7-1-6-13-15/h1,6-7,9-10,14H,2-5,8H2,(H,16,17). The SMILES string of the molecule is O=C(O)C(Cn1cccn1)(NC1CC1)C1CC1. The fourth-order valence-electron chi connectivity index (χ4n) is 2.41. The van der Waals surface area contributed by atoms with Crippen LogP contribution in [0.4, 0.5) is 0 Å². The molecular weight excluding hydrogens is 218 g/mol. The number of nitrogens with zero attached hydrogens (tertiary/aromatic N) is 2. The average Bonchev–Trinajstić information content (AvgIpc) is 3.19. The van der Waals surface area contributed by atoms with Crippen molar-refractivity contribution in [2.24, 2.45) is 5.92 Å². The topological polar surface area (TPSA) is 67.1 Å². The van der Waals surface area contributed by atoms with Gasteiger partial charge in [-0.1, -0.05) is 0 Å². The summed E-state index contributed by atoms with van der Waals surface area (Å²) >= 11 is 0. The maximum Gasteiger partial charge on any atom is 0.326 e. The van der Waals surface area contributed by atoms with Crippen LogP contribution in [0.25, 0.3) is 0 Å². The predicted molar refractivity (Wildman–Crippen MR) is 61.5 cm³/mol. The van der Waals surface area contributed by atoms with Crippen LogP contribution in [-0.2, 0) is 11.3 Å². The molecule has 0 bridgehead atoms. The molecule has 0 spiro atoms. The molecule has 2 fully saturated rings. The molecule has 1 atom stereocenters. The van der Waals surface area contributed by atoms with Gasteiger partial charge in [0.2, 0.25) is 0 Å². The van der Waals surface area contributed by atoms with Gasteiger partial charge in [0.25, 0.3) is 0 Å². The van der Waals surface area contributed by atoms with Crippen LogP contribution in [0.2, 0.25) is 0 Å². The third-order valence-corrected chi connectivity index (χ3v) is 3.67. The number of aliphatic carboxylic acids is 1. The second-order valence-corrected chi connectivity index (χ2v) is 5.17. The van der Waals surface area contributed by atoms with Crippen molar-refractivity contribution in [1.29, 1.82) is 0 Å². The van der Waals surface area contributed by atoms with Crippen molar-refractivity contribution in [2.75, 3.05) is 0 Å². The zero-order valence-corrected chi connectivity index (χ0v) is 9.67. The monoisotopic (exact) mass is 235 g/mol. The van der Waals surface area contributed by atoms with Gasteiger partial charge < -0.3 is 5.11 Å². The van der Waals surface area contributed by atoms with E-state index in [2.05, 4.69) is 10.4 Å². The van der Waals surface area contributed by atoms with Crippen LogP contribution >= 0.6 is 0 Å². The molecule has 5 heteroatoms. The molecular formula is C12H17N3O2. The third kappa shape index (κ3) is 2.07. The van der Waals surface area contributed by atoms with Gasteiger partial charge in [-0.25, -0.2) is 0 Å². The summed E-state index contributed by atoms with van der Waals surface area (Å²) in [6.45, 7) is 0.427. The Morgan fingerprint density at radius 3 is 2.71 bits per heavy atom. The van der Waals surface area contributed by atoms with E-state index in [9.17, 15) is 9.90 Å². The molecule has 0 aliphatic heterocycles. The summed E-state index contributed by atoms with van der Waals surface area (Å²) in [5.41, 5.74) is -0.812. The largest absolute Gasteiger partial charge is 0.480 e. The van der Waals surface area contributed by atoms with Crippen molar-refractivity contribution in [3.63, 3.8) is 0 Å². The molecule has 3 rings (SSSR count). The summed E-state index contributed by atoms with van der Waals surface area (Å²) in [6.07, 6.45) is 7.73. The maximum absolute atomic E-state index is 11.7. The fourth-order valence-corrected chi connectivity index (χ4v) is 2.41. The number of carboxylic acids is 1. The van der Waals surface area contributed by atoms with Crippen LogP contribution in [0.15, 0.2) is 18.5 Å². The van der Waals surface area contributed by atoms with Gasteiger partial charge in [-0.2, -0.15) is 5.10 Å². The highest BCUT2D eigenvalue weighted by atomic mass is 16.4. The Bertz CT molecular complexity index is 409. The smallest absolute Gasteiger partial charge is 0.326 e. The summed E-state index contributed by atoms with van der Waals surface area (Å²) in [5.74, 6) is -0.479. The minimum atomic E-state index is -0.812. The molecule has 2 N–H and O–H groups in total. The minimum Gasteiger partial charge on any atom is -0.480 e. The lowest BCUT2D eigenvalue weighted by Gasteiger charge is -2.31. The molecule has 2 saturated carbocycles. The van der Waals surface area contributed by atoms with E-state index in [1.165, 1.54) is 0 Å². The van der Waals surface area contributed by atoms with Crippen molar-refractivity contribution in [2.45, 2.75) is 43.8 Å². The molecule has 5 nitrogen and oxygen atoms in total. The number of carboxylic acid groups (broad SMARTS) is 1. The Labute approximate surface area is 99.8 Å². The van der Waals surface area contributed by atoms with Crippen molar-refractivity contribution in [1.82, 2.24) is 15.1 Å². The Morgan fingerprint density at radius 2 is 2.24 bits per heavy atom. The number of hydrogen-bond acceptors (Lipinski definition) is 3. The van der Waals surface area contributed by atoms with Gasteiger partial charge in [0.15, 0.2) is 0 Å². The molecule has 0 radical (unpaired) electrons. The first-order valence-electron chi connectivity index (χ1n) is 6.19. The second kappa shape index (κ2) is 3.84. The fraction of sp³-hybridized carbons (Fsp3) is 0.667. The summed E-state index contributed by atoms with van der Waals surface area (Å²) in [4.78, 5) is 11.7. The van der Waals surface area contributed by atoms with Crippen molar-refractivity contribution < 1.29 is 9.90 Å². The van der Waals surface area contributed by atoms with Crippen molar-refractivity contribution >= 4 is 5.97 Å². The number of hydrogen-bond donors (Lipinski definition) is 2. The van der Waals surface area contributed by atoms with Crippen LogP contribution < -0.4 is 5.32 Å². The van der Waals surface area contributed by atoms with Crippen LogP contribution in [0, 0.1) is 5.92 Å². The summed E-state index contributed by atoms with van der Waals surface area (Å²) in [7, 11) is 0. The molecule has 2 aliphatic carbocycles. The highest BCUT2D eigenvalue weighted by Crippen LogP contribution is 2.42. The molecule has 0 aromatic carbocycles. The molecule has 92 valence electrons. The molecule has 1 aromatic heterocycles. The lowest BCUT2D eigenvalue weighted by atomic mass is 9.93. The first kappa shape index (κ1) is 10.8. The number of nitrogens with one attached hydrogen (secondary N) is 1. The van der Waals surface area contributed by atoms with Gasteiger partial charge >= 0.3 is 5.97 Å². The first-order valence-corrected chi connectivity index (χ1v) is 6.19. The van der Waals surface area contributed by atoms with Gasteiger partial charge in [0.05, 0.1) is 6.54 Å². The lowest BCUT2D eigenvalue weighted by molar-refractivity contribution is -0.147. The molecule has 1 heterocycles. The van der Waals surface area contributed by atoms with E-state index in [1.54, 1.807) is 10.9 Å². The molecule has 0 amide bonds. The van der Waals surface area contributed by atoms with Crippen molar-refractivity contribution in [3.05, 3.63) is 18.5 Å². The first-order chi connectivity index (χ1) is 8.21. The van der Waals surface area contributed by atoms with E-state index in [4.69, 9.17) is 0 Å². The van der Waals surface area contributed by atoms with Gasteiger partial charge in [0, 0.05) is 18.4 Å². The second-order valence-electron chi connectivity index (χ2n) is 5.17.